The predicted octanol–water partition coefficient (Wildman–Crippen LogP) is 5.56. The van der Waals surface area contributed by atoms with Crippen molar-refractivity contribution in [3.63, 3.8) is 0 Å². The number of nitrogens with one attached hydrogen (secondary N) is 2. The van der Waals surface area contributed by atoms with Gasteiger partial charge in [-0.3, -0.25) is 10.00 Å². The fourth-order valence-corrected chi connectivity index (χ4v) is 4.04. The molecule has 0 saturated heterocycles. The number of hydrogen-bond acceptors (Lipinski definition) is 7. The van der Waals surface area contributed by atoms with E-state index < -0.39 is 11.8 Å². The van der Waals surface area contributed by atoms with Crippen LogP contribution in [0.15, 0.2) is 67.1 Å². The first-order valence-electron chi connectivity index (χ1n) is 12.9. The van der Waals surface area contributed by atoms with E-state index in [2.05, 4.69) is 30.8 Å². The average molecular weight is 557 g/mol. The van der Waals surface area contributed by atoms with Crippen LogP contribution < -0.4 is 15.4 Å². The highest BCUT2D eigenvalue weighted by molar-refractivity contribution is 5.99. The van der Waals surface area contributed by atoms with Gasteiger partial charge in [0.05, 0.1) is 35.6 Å². The quantitative estimate of drug-likeness (QED) is 0.228. The summed E-state index contributed by atoms with van der Waals surface area (Å²) in [6.07, 6.45) is 5.05. The largest absolute Gasteiger partial charge is 0.424 e. The lowest BCUT2D eigenvalue weighted by molar-refractivity contribution is 0.262. The number of aliphatic hydroxyl groups is 1. The van der Waals surface area contributed by atoms with Crippen molar-refractivity contribution >= 4 is 17.5 Å². The summed E-state index contributed by atoms with van der Waals surface area (Å²) in [4.78, 5) is 21.6. The normalized spacial score (nSPS) is 11.1. The second kappa shape index (κ2) is 11.6. The molecule has 3 heterocycles. The van der Waals surface area contributed by atoms with Gasteiger partial charge in [0.1, 0.15) is 17.4 Å². The Labute approximate surface area is 235 Å². The minimum absolute atomic E-state index is 0.0637. The van der Waals surface area contributed by atoms with E-state index in [1.54, 1.807) is 72.1 Å². The molecule has 2 aromatic carbocycles. The van der Waals surface area contributed by atoms with Crippen molar-refractivity contribution in [1.29, 1.82) is 0 Å². The Hall–Kier alpha value is -5.10. The van der Waals surface area contributed by atoms with Crippen molar-refractivity contribution < 1.29 is 19.0 Å². The zero-order chi connectivity index (χ0) is 29.1. The van der Waals surface area contributed by atoms with Crippen molar-refractivity contribution in [1.82, 2.24) is 29.5 Å². The first-order valence-corrected chi connectivity index (χ1v) is 12.9. The highest BCUT2D eigenvalue weighted by Gasteiger charge is 2.17. The number of amides is 2. The number of halogens is 1. The van der Waals surface area contributed by atoms with E-state index in [1.807, 2.05) is 20.0 Å². The zero-order valence-electron chi connectivity index (χ0n) is 23.0. The van der Waals surface area contributed by atoms with Crippen molar-refractivity contribution in [2.45, 2.75) is 33.3 Å². The Kier molecular flexibility index (Phi) is 7.74. The van der Waals surface area contributed by atoms with E-state index in [0.29, 0.717) is 22.8 Å². The molecule has 0 atom stereocenters. The number of aliphatic hydroxyl groups excluding tert-OH is 1. The van der Waals surface area contributed by atoms with Crippen LogP contribution in [0.5, 0.6) is 11.8 Å². The maximum Gasteiger partial charge on any atom is 0.324 e. The van der Waals surface area contributed by atoms with Gasteiger partial charge in [-0.05, 0) is 48.2 Å². The fourth-order valence-electron chi connectivity index (χ4n) is 4.04. The van der Waals surface area contributed by atoms with Gasteiger partial charge < -0.3 is 15.2 Å². The Balaban J connectivity index is 1.36. The topological polar surface area (TPSA) is 132 Å². The molecular formula is C29H29FN8O3. The van der Waals surface area contributed by atoms with Gasteiger partial charge >= 0.3 is 12.0 Å². The highest BCUT2D eigenvalue weighted by atomic mass is 19.1. The molecule has 0 aliphatic heterocycles. The van der Waals surface area contributed by atoms with Gasteiger partial charge in [0.15, 0.2) is 0 Å². The van der Waals surface area contributed by atoms with Gasteiger partial charge in [0.2, 0.25) is 0 Å². The molecule has 3 aromatic heterocycles. The van der Waals surface area contributed by atoms with Crippen molar-refractivity contribution in [2.24, 2.45) is 7.05 Å². The van der Waals surface area contributed by atoms with E-state index >= 15 is 0 Å². The first kappa shape index (κ1) is 27.5. The molecule has 0 aliphatic carbocycles. The maximum atomic E-state index is 14.9. The van der Waals surface area contributed by atoms with E-state index in [-0.39, 0.29) is 30.0 Å². The smallest absolute Gasteiger partial charge is 0.324 e. The van der Waals surface area contributed by atoms with E-state index in [4.69, 9.17) is 4.74 Å². The zero-order valence-corrected chi connectivity index (χ0v) is 23.0. The standard InChI is InChI=1S/C29H29FN8O3/c1-17(2)24-13-27(38(36-24)21-7-5-19(16-39)6-8-21)35-28(40)33-25-12-26(18(3)11-22(25)30)41-29-31-10-9-23(34-29)20-14-32-37(4)15-20/h5-15,17,39H,16H2,1-4H3,(H2,33,35,40). The van der Waals surface area contributed by atoms with Gasteiger partial charge in [0, 0.05) is 37.1 Å². The molecule has 0 radical (unpaired) electrons. The molecular weight excluding hydrogens is 527 g/mol. The van der Waals surface area contributed by atoms with Crippen molar-refractivity contribution in [2.75, 3.05) is 10.6 Å². The number of carbonyl (C=O) groups excluding carboxylic acids is 1. The predicted molar refractivity (Wildman–Crippen MR) is 152 cm³/mol. The van der Waals surface area contributed by atoms with Gasteiger partial charge in [0.25, 0.3) is 0 Å². The van der Waals surface area contributed by atoms with E-state index in [1.165, 1.54) is 12.1 Å². The molecule has 5 rings (SSSR count). The van der Waals surface area contributed by atoms with Crippen molar-refractivity contribution in [3.8, 4) is 28.7 Å². The summed E-state index contributed by atoms with van der Waals surface area (Å²) in [5.41, 5.74) is 4.01. The van der Waals surface area contributed by atoms with Crippen LogP contribution in [0.1, 0.15) is 36.6 Å². The van der Waals surface area contributed by atoms with Gasteiger partial charge in [-0.15, -0.1) is 0 Å². The van der Waals surface area contributed by atoms with Crippen LogP contribution in [-0.4, -0.2) is 40.7 Å². The third-order valence-electron chi connectivity index (χ3n) is 6.27. The molecule has 210 valence electrons. The lowest BCUT2D eigenvalue weighted by Gasteiger charge is -2.13. The third-order valence-corrected chi connectivity index (χ3v) is 6.27. The van der Waals surface area contributed by atoms with Crippen molar-refractivity contribution in [3.05, 3.63) is 89.8 Å². The maximum absolute atomic E-state index is 14.9. The van der Waals surface area contributed by atoms with Crippen LogP contribution in [0.3, 0.4) is 0 Å². The molecule has 0 saturated carbocycles. The number of nitrogens with zero attached hydrogens (tertiary/aromatic N) is 6. The summed E-state index contributed by atoms with van der Waals surface area (Å²) in [5.74, 6) is 0.143. The fraction of sp³-hybridized carbons (Fsp3) is 0.207. The number of urea groups is 1. The average Bonchev–Trinajstić information content (AvgIpc) is 3.58. The van der Waals surface area contributed by atoms with Gasteiger partial charge in [-0.25, -0.2) is 18.9 Å². The summed E-state index contributed by atoms with van der Waals surface area (Å²) in [6, 6.07) is 12.7. The summed E-state index contributed by atoms with van der Waals surface area (Å²) in [5, 5.41) is 23.4. The first-order chi connectivity index (χ1) is 19.7. The molecule has 0 fully saturated rings. The van der Waals surface area contributed by atoms with E-state index in [0.717, 1.165) is 16.8 Å². The molecule has 0 unspecified atom stereocenters. The van der Waals surface area contributed by atoms with Crippen LogP contribution in [0.2, 0.25) is 0 Å². The minimum Gasteiger partial charge on any atom is -0.424 e. The molecule has 5 aromatic rings. The Morgan fingerprint density at radius 3 is 2.59 bits per heavy atom. The summed E-state index contributed by atoms with van der Waals surface area (Å²) in [6.45, 7) is 5.58. The molecule has 11 nitrogen and oxygen atoms in total. The minimum atomic E-state index is -0.669. The van der Waals surface area contributed by atoms with Crippen LogP contribution in [0.25, 0.3) is 16.9 Å². The molecule has 0 bridgehead atoms. The Morgan fingerprint density at radius 1 is 1.12 bits per heavy atom. The number of anilines is 2. The second-order valence-electron chi connectivity index (χ2n) is 9.75. The van der Waals surface area contributed by atoms with Crippen LogP contribution in [0.4, 0.5) is 20.7 Å². The number of rotatable bonds is 8. The number of aromatic nitrogens is 6. The Morgan fingerprint density at radius 2 is 1.90 bits per heavy atom. The van der Waals surface area contributed by atoms with Crippen LogP contribution >= 0.6 is 0 Å². The lowest BCUT2D eigenvalue weighted by Crippen LogP contribution is -2.22. The monoisotopic (exact) mass is 556 g/mol. The van der Waals surface area contributed by atoms with E-state index in [9.17, 15) is 14.3 Å². The number of ether oxygens (including phenoxy) is 1. The molecule has 0 aliphatic rings. The van der Waals surface area contributed by atoms with Crippen LogP contribution in [-0.2, 0) is 13.7 Å². The number of hydrogen-bond donors (Lipinski definition) is 3. The third kappa shape index (κ3) is 6.23. The number of carbonyl (C=O) groups is 1. The summed E-state index contributed by atoms with van der Waals surface area (Å²) in [7, 11) is 1.81. The summed E-state index contributed by atoms with van der Waals surface area (Å²) < 4.78 is 24.0. The molecule has 41 heavy (non-hydrogen) atoms. The lowest BCUT2D eigenvalue weighted by atomic mass is 10.1. The second-order valence-corrected chi connectivity index (χ2v) is 9.75. The SMILES string of the molecule is Cc1cc(F)c(NC(=O)Nc2cc(C(C)C)nn2-c2ccc(CO)cc2)cc1Oc1nccc(-c2cnn(C)c2)n1. The highest BCUT2D eigenvalue weighted by Crippen LogP contribution is 2.30. The Bertz CT molecular complexity index is 1690. The molecule has 0 spiro atoms. The van der Waals surface area contributed by atoms with Gasteiger partial charge in [-0.2, -0.15) is 15.2 Å². The number of benzene rings is 2. The molecule has 3 N–H and O–H groups in total. The molecule has 12 heteroatoms. The van der Waals surface area contributed by atoms with Gasteiger partial charge in [-0.1, -0.05) is 26.0 Å². The summed E-state index contributed by atoms with van der Waals surface area (Å²) >= 11 is 0. The number of aryl methyl sites for hydroxylation is 2. The molecule has 2 amide bonds. The van der Waals surface area contributed by atoms with Crippen LogP contribution in [0, 0.1) is 12.7 Å².